The molecule has 3 rings (SSSR count). The van der Waals surface area contributed by atoms with Crippen molar-refractivity contribution in [2.24, 2.45) is 0 Å². The molecule has 2 heterocycles. The Morgan fingerprint density at radius 1 is 1.04 bits per heavy atom. The topological polar surface area (TPSA) is 88.9 Å². The van der Waals surface area contributed by atoms with Crippen molar-refractivity contribution in [3.8, 4) is 0 Å². The first-order valence-corrected chi connectivity index (χ1v) is 8.82. The Kier molecular flexibility index (Phi) is 6.46. The lowest BCUT2D eigenvalue weighted by Gasteiger charge is -2.06. The zero-order chi connectivity index (χ0) is 19.8. The third kappa shape index (κ3) is 6.01. The van der Waals surface area contributed by atoms with Crippen LogP contribution in [0.25, 0.3) is 0 Å². The van der Waals surface area contributed by atoms with Crippen molar-refractivity contribution in [3.05, 3.63) is 78.0 Å². The standard InChI is InChI=1S/C20H20FN5O2/c21-17-3-1-2-16(12-17)13-19(27)23-14-20(28)24-18-7-11-26(25-18)10-6-15-4-8-22-9-5-15/h1-5,7-9,11-12H,6,10,13-14H2,(H,23,27)(H,24,25,28). The van der Waals surface area contributed by atoms with E-state index in [0.29, 0.717) is 17.9 Å². The van der Waals surface area contributed by atoms with E-state index < -0.39 is 5.82 Å². The number of anilines is 1. The molecule has 3 aromatic rings. The van der Waals surface area contributed by atoms with Gasteiger partial charge in [-0.2, -0.15) is 5.10 Å². The minimum Gasteiger partial charge on any atom is -0.347 e. The zero-order valence-electron chi connectivity index (χ0n) is 15.1. The van der Waals surface area contributed by atoms with Crippen LogP contribution in [0.2, 0.25) is 0 Å². The molecule has 0 spiro atoms. The highest BCUT2D eigenvalue weighted by Crippen LogP contribution is 2.06. The third-order valence-corrected chi connectivity index (χ3v) is 3.99. The van der Waals surface area contributed by atoms with Gasteiger partial charge in [-0.15, -0.1) is 0 Å². The van der Waals surface area contributed by atoms with Gasteiger partial charge in [-0.25, -0.2) is 4.39 Å². The fourth-order valence-electron chi connectivity index (χ4n) is 2.61. The Balaban J connectivity index is 1.41. The van der Waals surface area contributed by atoms with Gasteiger partial charge < -0.3 is 10.6 Å². The molecular weight excluding hydrogens is 361 g/mol. The zero-order valence-corrected chi connectivity index (χ0v) is 15.1. The van der Waals surface area contributed by atoms with Crippen molar-refractivity contribution in [1.82, 2.24) is 20.1 Å². The number of rotatable bonds is 8. The number of hydrogen-bond donors (Lipinski definition) is 2. The number of aromatic nitrogens is 3. The maximum Gasteiger partial charge on any atom is 0.244 e. The van der Waals surface area contributed by atoms with Gasteiger partial charge in [0.2, 0.25) is 11.8 Å². The first kappa shape index (κ1) is 19.2. The molecule has 0 saturated carbocycles. The quantitative estimate of drug-likeness (QED) is 0.624. The van der Waals surface area contributed by atoms with Crippen molar-refractivity contribution in [3.63, 3.8) is 0 Å². The molecule has 2 amide bonds. The van der Waals surface area contributed by atoms with E-state index in [1.54, 1.807) is 35.4 Å². The molecule has 144 valence electrons. The number of hydrogen-bond acceptors (Lipinski definition) is 4. The van der Waals surface area contributed by atoms with Gasteiger partial charge in [0.1, 0.15) is 5.82 Å². The molecule has 0 atom stereocenters. The largest absolute Gasteiger partial charge is 0.347 e. The lowest BCUT2D eigenvalue weighted by Crippen LogP contribution is -2.33. The van der Waals surface area contributed by atoms with Crippen molar-refractivity contribution in [2.75, 3.05) is 11.9 Å². The number of halogens is 1. The predicted octanol–water partition coefficient (Wildman–Crippen LogP) is 1.96. The molecule has 2 aromatic heterocycles. The predicted molar refractivity (Wildman–Crippen MR) is 102 cm³/mol. The summed E-state index contributed by atoms with van der Waals surface area (Å²) in [6.07, 6.45) is 6.07. The summed E-state index contributed by atoms with van der Waals surface area (Å²) in [4.78, 5) is 27.8. The monoisotopic (exact) mass is 381 g/mol. The number of aryl methyl sites for hydroxylation is 2. The van der Waals surface area contributed by atoms with E-state index in [2.05, 4.69) is 20.7 Å². The summed E-state index contributed by atoms with van der Waals surface area (Å²) in [6.45, 7) is 0.488. The van der Waals surface area contributed by atoms with E-state index >= 15 is 0 Å². The minimum atomic E-state index is -0.400. The molecule has 0 saturated heterocycles. The molecule has 0 bridgehead atoms. The average molecular weight is 381 g/mol. The van der Waals surface area contributed by atoms with Crippen molar-refractivity contribution < 1.29 is 14.0 Å². The summed E-state index contributed by atoms with van der Waals surface area (Å²) in [5.74, 6) is -0.725. The first-order chi connectivity index (χ1) is 13.6. The van der Waals surface area contributed by atoms with Crippen LogP contribution in [-0.2, 0) is 29.0 Å². The van der Waals surface area contributed by atoms with Crippen LogP contribution in [0.4, 0.5) is 10.2 Å². The van der Waals surface area contributed by atoms with Crippen LogP contribution in [0.3, 0.4) is 0 Å². The fourth-order valence-corrected chi connectivity index (χ4v) is 2.61. The van der Waals surface area contributed by atoms with E-state index in [1.807, 2.05) is 12.1 Å². The Morgan fingerprint density at radius 2 is 1.86 bits per heavy atom. The van der Waals surface area contributed by atoms with Crippen LogP contribution >= 0.6 is 0 Å². The summed E-state index contributed by atoms with van der Waals surface area (Å²) < 4.78 is 14.9. The highest BCUT2D eigenvalue weighted by molar-refractivity contribution is 5.94. The molecule has 0 radical (unpaired) electrons. The van der Waals surface area contributed by atoms with Gasteiger partial charge in [-0.3, -0.25) is 19.3 Å². The highest BCUT2D eigenvalue weighted by atomic mass is 19.1. The molecule has 1 aromatic carbocycles. The van der Waals surface area contributed by atoms with Crippen LogP contribution in [-0.4, -0.2) is 33.1 Å². The van der Waals surface area contributed by atoms with Crippen LogP contribution < -0.4 is 10.6 Å². The molecule has 0 aliphatic carbocycles. The fraction of sp³-hybridized carbons (Fsp3) is 0.200. The molecule has 0 unspecified atom stereocenters. The average Bonchev–Trinajstić information content (AvgIpc) is 3.13. The van der Waals surface area contributed by atoms with Gasteiger partial charge in [-0.1, -0.05) is 12.1 Å². The summed E-state index contributed by atoms with van der Waals surface area (Å²) in [6, 6.07) is 11.4. The lowest BCUT2D eigenvalue weighted by atomic mass is 10.1. The molecule has 0 aliphatic heterocycles. The minimum absolute atomic E-state index is 0.00860. The molecule has 0 aliphatic rings. The smallest absolute Gasteiger partial charge is 0.244 e. The second-order valence-corrected chi connectivity index (χ2v) is 6.20. The summed E-state index contributed by atoms with van der Waals surface area (Å²) in [5, 5.41) is 9.43. The summed E-state index contributed by atoms with van der Waals surface area (Å²) in [5.41, 5.74) is 1.70. The molecule has 8 heteroatoms. The van der Waals surface area contributed by atoms with Gasteiger partial charge >= 0.3 is 0 Å². The first-order valence-electron chi connectivity index (χ1n) is 8.82. The van der Waals surface area contributed by atoms with Crippen LogP contribution in [0.1, 0.15) is 11.1 Å². The van der Waals surface area contributed by atoms with E-state index in [1.165, 1.54) is 18.2 Å². The van der Waals surface area contributed by atoms with Crippen molar-refractivity contribution in [2.45, 2.75) is 19.4 Å². The van der Waals surface area contributed by atoms with E-state index in [0.717, 1.165) is 12.0 Å². The maximum absolute atomic E-state index is 13.1. The van der Waals surface area contributed by atoms with Gasteiger partial charge in [0.25, 0.3) is 0 Å². The second-order valence-electron chi connectivity index (χ2n) is 6.20. The normalized spacial score (nSPS) is 10.5. The maximum atomic E-state index is 13.1. The van der Waals surface area contributed by atoms with Gasteiger partial charge in [0.05, 0.1) is 13.0 Å². The number of carbonyl (C=O) groups excluding carboxylic acids is 2. The molecular formula is C20H20FN5O2. The van der Waals surface area contributed by atoms with Gasteiger partial charge in [0.15, 0.2) is 5.82 Å². The molecule has 0 fully saturated rings. The third-order valence-electron chi connectivity index (χ3n) is 3.99. The van der Waals surface area contributed by atoms with Crippen LogP contribution in [0.5, 0.6) is 0 Å². The number of pyridine rings is 1. The molecule has 7 nitrogen and oxygen atoms in total. The van der Waals surface area contributed by atoms with Crippen molar-refractivity contribution >= 4 is 17.6 Å². The van der Waals surface area contributed by atoms with Crippen LogP contribution in [0.15, 0.2) is 61.1 Å². The molecule has 2 N–H and O–H groups in total. The summed E-state index contributed by atoms with van der Waals surface area (Å²) in [7, 11) is 0. The second kappa shape index (κ2) is 9.40. The summed E-state index contributed by atoms with van der Waals surface area (Å²) >= 11 is 0. The SMILES string of the molecule is O=C(Cc1cccc(F)c1)NCC(=O)Nc1ccn(CCc2ccncc2)n1. The van der Waals surface area contributed by atoms with E-state index in [4.69, 9.17) is 0 Å². The van der Waals surface area contributed by atoms with E-state index in [-0.39, 0.29) is 24.8 Å². The molecule has 28 heavy (non-hydrogen) atoms. The number of nitrogens with zero attached hydrogens (tertiary/aromatic N) is 3. The van der Waals surface area contributed by atoms with Gasteiger partial charge in [0, 0.05) is 31.2 Å². The van der Waals surface area contributed by atoms with E-state index in [9.17, 15) is 14.0 Å². The number of benzene rings is 1. The number of nitrogens with one attached hydrogen (secondary N) is 2. The Bertz CT molecular complexity index is 943. The number of amides is 2. The van der Waals surface area contributed by atoms with Crippen LogP contribution in [0, 0.1) is 5.82 Å². The Morgan fingerprint density at radius 3 is 2.64 bits per heavy atom. The van der Waals surface area contributed by atoms with Crippen molar-refractivity contribution in [1.29, 1.82) is 0 Å². The lowest BCUT2D eigenvalue weighted by molar-refractivity contribution is -0.123. The highest BCUT2D eigenvalue weighted by Gasteiger charge is 2.09. The Labute approximate surface area is 161 Å². The van der Waals surface area contributed by atoms with Gasteiger partial charge in [-0.05, 0) is 41.8 Å². The number of carbonyl (C=O) groups is 2. The Hall–Kier alpha value is -3.55.